The summed E-state index contributed by atoms with van der Waals surface area (Å²) in [5, 5.41) is 9.08. The van der Waals surface area contributed by atoms with Gasteiger partial charge in [-0.3, -0.25) is 4.79 Å². The Hall–Kier alpha value is -1.08. The molecule has 1 saturated heterocycles. The fourth-order valence-corrected chi connectivity index (χ4v) is 2.55. The number of carbonyl (C=O) groups is 1. The van der Waals surface area contributed by atoms with Crippen molar-refractivity contribution in [3.05, 3.63) is 0 Å². The van der Waals surface area contributed by atoms with Crippen molar-refractivity contribution in [2.75, 3.05) is 6.54 Å². The van der Waals surface area contributed by atoms with Gasteiger partial charge < -0.3 is 10.6 Å². The van der Waals surface area contributed by atoms with E-state index < -0.39 is 6.04 Å². The van der Waals surface area contributed by atoms with Crippen molar-refractivity contribution in [2.24, 2.45) is 23.5 Å². The average molecular weight is 221 g/mol. The predicted molar refractivity (Wildman–Crippen MR) is 60.1 cm³/mol. The lowest BCUT2D eigenvalue weighted by Gasteiger charge is -2.28. The molecular formula is C12H19N3O. The average Bonchev–Trinajstić information content (AvgIpc) is 2.98. The summed E-state index contributed by atoms with van der Waals surface area (Å²) in [6, 6.07) is 1.59. The molecule has 0 bridgehead atoms. The van der Waals surface area contributed by atoms with Gasteiger partial charge >= 0.3 is 0 Å². The van der Waals surface area contributed by atoms with Crippen LogP contribution in [0.25, 0.3) is 0 Å². The maximum Gasteiger partial charge on any atom is 0.240 e. The zero-order chi connectivity index (χ0) is 11.9. The Bertz CT molecular complexity index is 336. The topological polar surface area (TPSA) is 70.1 Å². The third kappa shape index (κ3) is 1.69. The highest BCUT2D eigenvalue weighted by Crippen LogP contribution is 2.49. The molecule has 1 aliphatic heterocycles. The number of rotatable bonds is 3. The number of amides is 1. The molecule has 1 amide bonds. The molecule has 2 N–H and O–H groups in total. The van der Waals surface area contributed by atoms with Gasteiger partial charge in [-0.05, 0) is 24.2 Å². The van der Waals surface area contributed by atoms with Gasteiger partial charge in [0.15, 0.2) is 0 Å². The van der Waals surface area contributed by atoms with Crippen molar-refractivity contribution in [1.82, 2.24) is 4.90 Å². The number of hydrogen-bond acceptors (Lipinski definition) is 3. The standard InChI is InChI=1S/C12H19N3O/c1-3-7(2)11(14)12(16)15-6-8-4-9(8)10(15)5-13/h7-11H,3-4,6,14H2,1-2H3/t7-,8+,9+,10+,11-/m0/s1. The second kappa shape index (κ2) is 4.06. The lowest BCUT2D eigenvalue weighted by atomic mass is 9.98. The van der Waals surface area contributed by atoms with Crippen molar-refractivity contribution in [3.63, 3.8) is 0 Å². The second-order valence-corrected chi connectivity index (χ2v) is 5.14. The first kappa shape index (κ1) is 11.4. The van der Waals surface area contributed by atoms with Crippen LogP contribution in [0, 0.1) is 29.1 Å². The molecule has 4 nitrogen and oxygen atoms in total. The van der Waals surface area contributed by atoms with E-state index in [-0.39, 0.29) is 17.9 Å². The third-order valence-corrected chi connectivity index (χ3v) is 4.11. The molecule has 4 heteroatoms. The van der Waals surface area contributed by atoms with Crippen molar-refractivity contribution in [1.29, 1.82) is 5.26 Å². The van der Waals surface area contributed by atoms with Gasteiger partial charge in [0, 0.05) is 6.54 Å². The Morgan fingerprint density at radius 3 is 2.94 bits per heavy atom. The number of piperidine rings is 1. The summed E-state index contributed by atoms with van der Waals surface area (Å²) in [4.78, 5) is 13.8. The van der Waals surface area contributed by atoms with Crippen LogP contribution in [0.1, 0.15) is 26.7 Å². The van der Waals surface area contributed by atoms with E-state index >= 15 is 0 Å². The van der Waals surface area contributed by atoms with Gasteiger partial charge in [0.1, 0.15) is 6.04 Å². The number of hydrogen-bond donors (Lipinski definition) is 1. The van der Waals surface area contributed by atoms with Crippen molar-refractivity contribution in [3.8, 4) is 6.07 Å². The van der Waals surface area contributed by atoms with E-state index in [2.05, 4.69) is 6.07 Å². The van der Waals surface area contributed by atoms with Gasteiger partial charge in [-0.1, -0.05) is 20.3 Å². The zero-order valence-corrected chi connectivity index (χ0v) is 9.89. The monoisotopic (exact) mass is 221 g/mol. The fourth-order valence-electron chi connectivity index (χ4n) is 2.55. The molecular weight excluding hydrogens is 202 g/mol. The van der Waals surface area contributed by atoms with Gasteiger partial charge in [0.2, 0.25) is 5.91 Å². The molecule has 2 rings (SSSR count). The maximum atomic E-state index is 12.1. The van der Waals surface area contributed by atoms with Crippen LogP contribution in [0.4, 0.5) is 0 Å². The predicted octanol–water partition coefficient (Wildman–Crippen LogP) is 0.730. The fraction of sp³-hybridized carbons (Fsp3) is 0.833. The molecule has 0 spiro atoms. The van der Waals surface area contributed by atoms with E-state index in [0.717, 1.165) is 19.4 Å². The summed E-state index contributed by atoms with van der Waals surface area (Å²) >= 11 is 0. The minimum Gasteiger partial charge on any atom is -0.325 e. The summed E-state index contributed by atoms with van der Waals surface area (Å²) in [5.41, 5.74) is 5.93. The van der Waals surface area contributed by atoms with Crippen LogP contribution >= 0.6 is 0 Å². The molecule has 2 aliphatic rings. The zero-order valence-electron chi connectivity index (χ0n) is 9.89. The normalized spacial score (nSPS) is 35.1. The summed E-state index contributed by atoms with van der Waals surface area (Å²) < 4.78 is 0. The van der Waals surface area contributed by atoms with E-state index in [1.54, 1.807) is 4.90 Å². The largest absolute Gasteiger partial charge is 0.325 e. The van der Waals surface area contributed by atoms with E-state index in [4.69, 9.17) is 11.0 Å². The third-order valence-electron chi connectivity index (χ3n) is 4.11. The molecule has 1 aliphatic carbocycles. The minimum atomic E-state index is -0.446. The smallest absolute Gasteiger partial charge is 0.240 e. The van der Waals surface area contributed by atoms with Crippen molar-refractivity contribution >= 4 is 5.91 Å². The highest BCUT2D eigenvalue weighted by atomic mass is 16.2. The second-order valence-electron chi connectivity index (χ2n) is 5.14. The van der Waals surface area contributed by atoms with Crippen LogP contribution < -0.4 is 5.73 Å². The first-order chi connectivity index (χ1) is 7.60. The van der Waals surface area contributed by atoms with Crippen molar-refractivity contribution < 1.29 is 4.79 Å². The van der Waals surface area contributed by atoms with Gasteiger partial charge in [-0.2, -0.15) is 5.26 Å². The van der Waals surface area contributed by atoms with E-state index in [1.807, 2.05) is 13.8 Å². The van der Waals surface area contributed by atoms with Gasteiger partial charge in [-0.15, -0.1) is 0 Å². The molecule has 0 radical (unpaired) electrons. The molecule has 16 heavy (non-hydrogen) atoms. The van der Waals surface area contributed by atoms with Crippen LogP contribution in [0.15, 0.2) is 0 Å². The Kier molecular flexibility index (Phi) is 2.90. The van der Waals surface area contributed by atoms with Crippen LogP contribution in [-0.4, -0.2) is 29.4 Å². The lowest BCUT2D eigenvalue weighted by Crippen LogP contribution is -2.49. The highest BCUT2D eigenvalue weighted by molar-refractivity contribution is 5.83. The highest BCUT2D eigenvalue weighted by Gasteiger charge is 2.54. The van der Waals surface area contributed by atoms with Crippen molar-refractivity contribution in [2.45, 2.75) is 38.8 Å². The van der Waals surface area contributed by atoms with Crippen LogP contribution in [-0.2, 0) is 4.79 Å². The van der Waals surface area contributed by atoms with Crippen LogP contribution in [0.5, 0.6) is 0 Å². The maximum absolute atomic E-state index is 12.1. The number of nitrogens with two attached hydrogens (primary N) is 1. The summed E-state index contributed by atoms with van der Waals surface area (Å²) in [6.45, 7) is 4.76. The van der Waals surface area contributed by atoms with Gasteiger partial charge in [-0.25, -0.2) is 0 Å². The quantitative estimate of drug-likeness (QED) is 0.763. The van der Waals surface area contributed by atoms with Crippen LogP contribution in [0.2, 0.25) is 0 Å². The molecule has 0 aromatic heterocycles. The number of nitrogens with zero attached hydrogens (tertiary/aromatic N) is 2. The minimum absolute atomic E-state index is 0.0342. The molecule has 0 aromatic carbocycles. The van der Waals surface area contributed by atoms with Gasteiger partial charge in [0.25, 0.3) is 0 Å². The number of likely N-dealkylation sites (tertiary alicyclic amines) is 1. The molecule has 5 atom stereocenters. The number of carbonyl (C=O) groups excluding carboxylic acids is 1. The van der Waals surface area contributed by atoms with Crippen LogP contribution in [0.3, 0.4) is 0 Å². The molecule has 1 saturated carbocycles. The van der Waals surface area contributed by atoms with E-state index in [1.165, 1.54) is 0 Å². The van der Waals surface area contributed by atoms with E-state index in [0.29, 0.717) is 11.8 Å². The number of nitriles is 1. The lowest BCUT2D eigenvalue weighted by molar-refractivity contribution is -0.134. The summed E-state index contributed by atoms with van der Waals surface area (Å²) in [7, 11) is 0. The summed E-state index contributed by atoms with van der Waals surface area (Å²) in [6.07, 6.45) is 2.01. The molecule has 0 aromatic rings. The first-order valence-corrected chi connectivity index (χ1v) is 6.05. The Morgan fingerprint density at radius 2 is 2.38 bits per heavy atom. The first-order valence-electron chi connectivity index (χ1n) is 6.05. The molecule has 88 valence electrons. The Morgan fingerprint density at radius 1 is 1.69 bits per heavy atom. The molecule has 0 unspecified atom stereocenters. The van der Waals surface area contributed by atoms with Gasteiger partial charge in [0.05, 0.1) is 12.1 Å². The molecule has 1 heterocycles. The Balaban J connectivity index is 2.03. The molecule has 2 fully saturated rings. The SMILES string of the molecule is CC[C@H](C)[C@H](N)C(=O)N1C[C@H]2C[C@H]2[C@H]1C#N. The van der Waals surface area contributed by atoms with E-state index in [9.17, 15) is 4.79 Å². The number of fused-ring (bicyclic) bond motifs is 1. The Labute approximate surface area is 96.4 Å². The summed E-state index contributed by atoms with van der Waals surface area (Å²) in [5.74, 6) is 1.15.